The molecule has 0 aliphatic carbocycles. The zero-order valence-corrected chi connectivity index (χ0v) is 15.8. The number of rotatable bonds is 5. The number of piperidine rings is 1. The number of hydrogen-bond acceptors (Lipinski definition) is 3. The Morgan fingerprint density at radius 2 is 1.85 bits per heavy atom. The quantitative estimate of drug-likeness (QED) is 0.804. The van der Waals surface area contributed by atoms with Crippen LogP contribution >= 0.6 is 12.2 Å². The fourth-order valence-corrected chi connectivity index (χ4v) is 3.36. The van der Waals surface area contributed by atoms with E-state index in [9.17, 15) is 4.79 Å². The molecule has 1 aliphatic rings. The minimum absolute atomic E-state index is 0.0239. The third kappa shape index (κ3) is 5.05. The summed E-state index contributed by atoms with van der Waals surface area (Å²) >= 11 is 5.59. The van der Waals surface area contributed by atoms with Crippen molar-refractivity contribution in [2.24, 2.45) is 0 Å². The van der Waals surface area contributed by atoms with Crippen molar-refractivity contribution in [3.8, 4) is 5.75 Å². The summed E-state index contributed by atoms with van der Waals surface area (Å²) in [5.41, 5.74) is 2.91. The Bertz CT molecular complexity index is 768. The number of carbonyl (C=O) groups excluding carboxylic acids is 1. The van der Waals surface area contributed by atoms with Crippen molar-refractivity contribution >= 4 is 28.8 Å². The molecule has 1 N–H and O–H groups in total. The molecule has 4 nitrogen and oxygen atoms in total. The largest absolute Gasteiger partial charge is 0.484 e. The number of aryl methyl sites for hydroxylation is 1. The average Bonchev–Trinajstić information content (AvgIpc) is 2.67. The highest BCUT2D eigenvalue weighted by Crippen LogP contribution is 2.17. The first kappa shape index (κ1) is 18.4. The molecule has 2 aromatic carbocycles. The van der Waals surface area contributed by atoms with Crippen molar-refractivity contribution in [3.05, 3.63) is 59.7 Å². The molecule has 1 saturated heterocycles. The SMILES string of the molecule is Cc1cccc(NC(=O)COc2ccc(C(=S)N3CCCCC3)cc2)c1. The van der Waals surface area contributed by atoms with Crippen LogP contribution in [0.1, 0.15) is 30.4 Å². The van der Waals surface area contributed by atoms with E-state index in [1.54, 1.807) is 0 Å². The number of ether oxygens (including phenoxy) is 1. The predicted molar refractivity (Wildman–Crippen MR) is 109 cm³/mol. The van der Waals surface area contributed by atoms with Gasteiger partial charge in [-0.1, -0.05) is 24.4 Å². The maximum atomic E-state index is 12.0. The van der Waals surface area contributed by atoms with Gasteiger partial charge in [0.05, 0.1) is 0 Å². The van der Waals surface area contributed by atoms with Crippen LogP contribution in [0, 0.1) is 6.92 Å². The van der Waals surface area contributed by atoms with Crippen LogP contribution in [0.3, 0.4) is 0 Å². The zero-order chi connectivity index (χ0) is 18.4. The molecule has 0 saturated carbocycles. The summed E-state index contributed by atoms with van der Waals surface area (Å²) in [6, 6.07) is 15.3. The monoisotopic (exact) mass is 368 g/mol. The number of thiocarbonyl (C=S) groups is 1. The van der Waals surface area contributed by atoms with Crippen LogP contribution in [0.15, 0.2) is 48.5 Å². The van der Waals surface area contributed by atoms with Crippen molar-refractivity contribution < 1.29 is 9.53 Å². The molecule has 0 bridgehead atoms. The van der Waals surface area contributed by atoms with Gasteiger partial charge in [0.2, 0.25) is 0 Å². The van der Waals surface area contributed by atoms with Crippen LogP contribution in [0.25, 0.3) is 0 Å². The van der Waals surface area contributed by atoms with Gasteiger partial charge in [0.15, 0.2) is 6.61 Å². The van der Waals surface area contributed by atoms with Crippen LogP contribution in [0.4, 0.5) is 5.69 Å². The van der Waals surface area contributed by atoms with Crippen LogP contribution in [-0.4, -0.2) is 35.5 Å². The van der Waals surface area contributed by atoms with Crippen molar-refractivity contribution in [2.75, 3.05) is 25.0 Å². The first-order chi connectivity index (χ1) is 12.6. The summed E-state index contributed by atoms with van der Waals surface area (Å²) in [4.78, 5) is 15.2. The van der Waals surface area contributed by atoms with E-state index in [0.29, 0.717) is 5.75 Å². The average molecular weight is 369 g/mol. The third-order valence-corrected chi connectivity index (χ3v) is 4.91. The van der Waals surface area contributed by atoms with E-state index in [4.69, 9.17) is 17.0 Å². The van der Waals surface area contributed by atoms with E-state index in [0.717, 1.165) is 34.9 Å². The molecule has 1 amide bonds. The topological polar surface area (TPSA) is 41.6 Å². The van der Waals surface area contributed by atoms with Gasteiger partial charge in [-0.05, 0) is 68.1 Å². The Kier molecular flexibility index (Phi) is 6.23. The van der Waals surface area contributed by atoms with Crippen molar-refractivity contribution in [3.63, 3.8) is 0 Å². The highest BCUT2D eigenvalue weighted by atomic mass is 32.1. The normalized spacial score (nSPS) is 14.0. The lowest BCUT2D eigenvalue weighted by molar-refractivity contribution is -0.118. The summed E-state index contributed by atoms with van der Waals surface area (Å²) in [7, 11) is 0. The number of benzene rings is 2. The number of hydrogen-bond donors (Lipinski definition) is 1. The summed E-state index contributed by atoms with van der Waals surface area (Å²) in [5.74, 6) is 0.484. The van der Waals surface area contributed by atoms with Crippen molar-refractivity contribution in [1.82, 2.24) is 4.90 Å². The second-order valence-electron chi connectivity index (χ2n) is 6.58. The molecule has 136 valence electrons. The number of amides is 1. The maximum absolute atomic E-state index is 12.0. The highest BCUT2D eigenvalue weighted by molar-refractivity contribution is 7.80. The van der Waals surface area contributed by atoms with Gasteiger partial charge in [-0.2, -0.15) is 0 Å². The van der Waals surface area contributed by atoms with Gasteiger partial charge in [0, 0.05) is 24.3 Å². The molecule has 1 fully saturated rings. The fourth-order valence-electron chi connectivity index (χ4n) is 3.04. The van der Waals surface area contributed by atoms with Crippen LogP contribution in [0.5, 0.6) is 5.75 Å². The van der Waals surface area contributed by atoms with Gasteiger partial charge in [-0.25, -0.2) is 0 Å². The molecule has 1 aliphatic heterocycles. The second kappa shape index (κ2) is 8.81. The maximum Gasteiger partial charge on any atom is 0.262 e. The Morgan fingerprint density at radius 1 is 1.12 bits per heavy atom. The minimum Gasteiger partial charge on any atom is -0.484 e. The molecule has 26 heavy (non-hydrogen) atoms. The standard InChI is InChI=1S/C21H24N2O2S/c1-16-6-5-7-18(14-16)22-20(24)15-25-19-10-8-17(9-11-19)21(26)23-12-3-2-4-13-23/h5-11,14H,2-4,12-13,15H2,1H3,(H,22,24). The molecule has 0 radical (unpaired) electrons. The molecule has 1 heterocycles. The minimum atomic E-state index is -0.177. The Balaban J connectivity index is 1.51. The predicted octanol–water partition coefficient (Wildman–Crippen LogP) is 4.17. The molecule has 0 spiro atoms. The van der Waals surface area contributed by atoms with Gasteiger partial charge in [0.25, 0.3) is 5.91 Å². The molecule has 0 atom stereocenters. The lowest BCUT2D eigenvalue weighted by atomic mass is 10.1. The molecular formula is C21H24N2O2S. The second-order valence-corrected chi connectivity index (χ2v) is 6.97. The van der Waals surface area contributed by atoms with Crippen LogP contribution in [-0.2, 0) is 4.79 Å². The third-order valence-electron chi connectivity index (χ3n) is 4.42. The summed E-state index contributed by atoms with van der Waals surface area (Å²) in [6.07, 6.45) is 3.70. The van der Waals surface area contributed by atoms with Crippen molar-refractivity contribution in [1.29, 1.82) is 0 Å². The fraction of sp³-hybridized carbons (Fsp3) is 0.333. The Morgan fingerprint density at radius 3 is 2.54 bits per heavy atom. The Hall–Kier alpha value is -2.40. The van der Waals surface area contributed by atoms with Gasteiger partial charge < -0.3 is 15.0 Å². The van der Waals surface area contributed by atoms with Crippen LogP contribution < -0.4 is 10.1 Å². The number of nitrogens with one attached hydrogen (secondary N) is 1. The van der Waals surface area contributed by atoms with Gasteiger partial charge in [0.1, 0.15) is 10.7 Å². The molecule has 0 unspecified atom stereocenters. The first-order valence-corrected chi connectivity index (χ1v) is 9.41. The molecule has 0 aromatic heterocycles. The Labute approximate surface area is 160 Å². The zero-order valence-electron chi connectivity index (χ0n) is 15.0. The van der Waals surface area contributed by atoms with Gasteiger partial charge in [-0.3, -0.25) is 4.79 Å². The van der Waals surface area contributed by atoms with E-state index >= 15 is 0 Å². The molecule has 2 aromatic rings. The lowest BCUT2D eigenvalue weighted by Crippen LogP contribution is -2.34. The molecule has 5 heteroatoms. The molecular weight excluding hydrogens is 344 g/mol. The smallest absolute Gasteiger partial charge is 0.262 e. The van der Waals surface area contributed by atoms with Crippen LogP contribution in [0.2, 0.25) is 0 Å². The molecule has 3 rings (SSSR count). The van der Waals surface area contributed by atoms with E-state index in [-0.39, 0.29) is 12.5 Å². The van der Waals surface area contributed by atoms with Gasteiger partial charge in [-0.15, -0.1) is 0 Å². The number of nitrogens with zero attached hydrogens (tertiary/aromatic N) is 1. The highest BCUT2D eigenvalue weighted by Gasteiger charge is 2.14. The number of carbonyl (C=O) groups is 1. The van der Waals surface area contributed by atoms with Crippen molar-refractivity contribution in [2.45, 2.75) is 26.2 Å². The van der Waals surface area contributed by atoms with Gasteiger partial charge >= 0.3 is 0 Å². The van der Waals surface area contributed by atoms with E-state index in [1.165, 1.54) is 19.3 Å². The van der Waals surface area contributed by atoms with E-state index in [1.807, 2.05) is 55.5 Å². The van der Waals surface area contributed by atoms with E-state index in [2.05, 4.69) is 10.2 Å². The summed E-state index contributed by atoms with van der Waals surface area (Å²) in [6.45, 7) is 4.04. The first-order valence-electron chi connectivity index (χ1n) is 9.00. The lowest BCUT2D eigenvalue weighted by Gasteiger charge is -2.29. The summed E-state index contributed by atoms with van der Waals surface area (Å²) < 4.78 is 5.58. The number of anilines is 1. The van der Waals surface area contributed by atoms with E-state index < -0.39 is 0 Å². The number of likely N-dealkylation sites (tertiary alicyclic amines) is 1. The summed E-state index contributed by atoms with van der Waals surface area (Å²) in [5, 5.41) is 2.83.